The van der Waals surface area contributed by atoms with E-state index in [9.17, 15) is 9.59 Å². The second-order valence-electron chi connectivity index (χ2n) is 9.35. The SMILES string of the molecule is CC(=O)N1c2ccc(-c3ccc(N4CCOCC4)cc3)cc2NC[C@@]1(C)C(=O)C1CCC1. The summed E-state index contributed by atoms with van der Waals surface area (Å²) >= 11 is 0. The molecule has 2 aromatic carbocycles. The zero-order chi connectivity index (χ0) is 22.3. The third kappa shape index (κ3) is 3.56. The molecule has 0 unspecified atom stereocenters. The molecule has 1 amide bonds. The van der Waals surface area contributed by atoms with Gasteiger partial charge in [0.1, 0.15) is 5.54 Å². The van der Waals surface area contributed by atoms with Crippen LogP contribution in [-0.2, 0) is 14.3 Å². The molecule has 32 heavy (non-hydrogen) atoms. The van der Waals surface area contributed by atoms with Crippen LogP contribution in [0.5, 0.6) is 0 Å². The lowest BCUT2D eigenvalue weighted by Gasteiger charge is -2.47. The first-order valence-corrected chi connectivity index (χ1v) is 11.6. The Morgan fingerprint density at radius 2 is 1.72 bits per heavy atom. The highest BCUT2D eigenvalue weighted by molar-refractivity contribution is 6.08. The van der Waals surface area contributed by atoms with Crippen LogP contribution in [0.15, 0.2) is 42.5 Å². The maximum atomic E-state index is 13.2. The first-order valence-electron chi connectivity index (χ1n) is 11.6. The number of morpholine rings is 1. The van der Waals surface area contributed by atoms with Crippen molar-refractivity contribution in [3.05, 3.63) is 42.5 Å². The minimum Gasteiger partial charge on any atom is -0.381 e. The van der Waals surface area contributed by atoms with E-state index in [0.29, 0.717) is 6.54 Å². The van der Waals surface area contributed by atoms with E-state index in [1.54, 1.807) is 11.8 Å². The smallest absolute Gasteiger partial charge is 0.224 e. The van der Waals surface area contributed by atoms with Crippen molar-refractivity contribution in [2.24, 2.45) is 5.92 Å². The third-order valence-electron chi connectivity index (χ3n) is 7.25. The average Bonchev–Trinajstić information content (AvgIpc) is 2.78. The summed E-state index contributed by atoms with van der Waals surface area (Å²) in [6.07, 6.45) is 2.98. The molecular formula is C26H31N3O3. The number of ketones is 1. The number of ether oxygens (including phenoxy) is 1. The van der Waals surface area contributed by atoms with Crippen LogP contribution in [0.4, 0.5) is 17.1 Å². The van der Waals surface area contributed by atoms with Crippen LogP contribution in [0.1, 0.15) is 33.1 Å². The van der Waals surface area contributed by atoms with Gasteiger partial charge in [0.15, 0.2) is 5.78 Å². The van der Waals surface area contributed by atoms with E-state index in [0.717, 1.165) is 68.1 Å². The second-order valence-corrected chi connectivity index (χ2v) is 9.35. The Kier molecular flexibility index (Phi) is 5.41. The van der Waals surface area contributed by atoms with Gasteiger partial charge >= 0.3 is 0 Å². The predicted octanol–water partition coefficient (Wildman–Crippen LogP) is 4.10. The lowest BCUT2D eigenvalue weighted by atomic mass is 9.73. The molecule has 0 spiro atoms. The number of carbonyl (C=O) groups is 2. The number of nitrogens with one attached hydrogen (secondary N) is 1. The van der Waals surface area contributed by atoms with Crippen LogP contribution in [0.2, 0.25) is 0 Å². The fourth-order valence-electron chi connectivity index (χ4n) is 5.18. The summed E-state index contributed by atoms with van der Waals surface area (Å²) in [7, 11) is 0. The van der Waals surface area contributed by atoms with Crippen molar-refractivity contribution in [1.82, 2.24) is 0 Å². The normalized spacial score (nSPS) is 23.2. The number of fused-ring (bicyclic) bond motifs is 1. The maximum absolute atomic E-state index is 13.2. The predicted molar refractivity (Wildman–Crippen MR) is 127 cm³/mol. The van der Waals surface area contributed by atoms with Gasteiger partial charge < -0.3 is 15.0 Å². The number of carbonyl (C=O) groups excluding carboxylic acids is 2. The molecule has 168 valence electrons. The lowest BCUT2D eigenvalue weighted by molar-refractivity contribution is -0.132. The molecule has 3 aliphatic rings. The van der Waals surface area contributed by atoms with Crippen molar-refractivity contribution >= 4 is 28.8 Å². The van der Waals surface area contributed by atoms with Crippen molar-refractivity contribution in [2.45, 2.75) is 38.6 Å². The van der Waals surface area contributed by atoms with Gasteiger partial charge in [-0.1, -0.05) is 24.6 Å². The summed E-state index contributed by atoms with van der Waals surface area (Å²) in [5.41, 5.74) is 4.26. The summed E-state index contributed by atoms with van der Waals surface area (Å²) in [5, 5.41) is 3.46. The first-order chi connectivity index (χ1) is 15.5. The first kappa shape index (κ1) is 21.0. The number of anilines is 3. The fraction of sp³-hybridized carbons (Fsp3) is 0.462. The van der Waals surface area contributed by atoms with Crippen LogP contribution in [0.25, 0.3) is 11.1 Å². The average molecular weight is 434 g/mol. The quantitative estimate of drug-likeness (QED) is 0.787. The number of benzene rings is 2. The van der Waals surface area contributed by atoms with E-state index >= 15 is 0 Å². The van der Waals surface area contributed by atoms with Gasteiger partial charge in [-0.05, 0) is 55.2 Å². The molecule has 1 saturated heterocycles. The molecule has 6 nitrogen and oxygen atoms in total. The molecule has 2 aromatic rings. The molecule has 5 rings (SSSR count). The number of Topliss-reactive ketones (excluding diaryl/α,β-unsaturated/α-hetero) is 1. The Balaban J connectivity index is 1.42. The van der Waals surface area contributed by atoms with Gasteiger partial charge in [0, 0.05) is 38.2 Å². The second kappa shape index (κ2) is 8.24. The van der Waals surface area contributed by atoms with Crippen LogP contribution >= 0.6 is 0 Å². The molecule has 0 radical (unpaired) electrons. The number of nitrogens with zero attached hydrogens (tertiary/aromatic N) is 2. The topological polar surface area (TPSA) is 61.9 Å². The van der Waals surface area contributed by atoms with Gasteiger partial charge in [-0.2, -0.15) is 0 Å². The fourth-order valence-corrected chi connectivity index (χ4v) is 5.18. The van der Waals surface area contributed by atoms with Crippen LogP contribution in [0.3, 0.4) is 0 Å². The van der Waals surface area contributed by atoms with Crippen molar-refractivity contribution < 1.29 is 14.3 Å². The summed E-state index contributed by atoms with van der Waals surface area (Å²) in [6.45, 7) is 7.28. The molecule has 2 heterocycles. The minimum atomic E-state index is -0.842. The summed E-state index contributed by atoms with van der Waals surface area (Å²) in [6, 6.07) is 14.7. The highest BCUT2D eigenvalue weighted by atomic mass is 16.5. The van der Waals surface area contributed by atoms with E-state index in [-0.39, 0.29) is 17.6 Å². The monoisotopic (exact) mass is 433 g/mol. The van der Waals surface area contributed by atoms with Crippen molar-refractivity contribution in [2.75, 3.05) is 48.0 Å². The maximum Gasteiger partial charge on any atom is 0.224 e. The van der Waals surface area contributed by atoms with Gasteiger partial charge in [-0.3, -0.25) is 14.5 Å². The van der Waals surface area contributed by atoms with Gasteiger partial charge in [-0.25, -0.2) is 0 Å². The minimum absolute atomic E-state index is 0.0782. The summed E-state index contributed by atoms with van der Waals surface area (Å²) < 4.78 is 5.45. The molecule has 1 saturated carbocycles. The van der Waals surface area contributed by atoms with E-state index < -0.39 is 5.54 Å². The molecule has 6 heteroatoms. The molecule has 0 aromatic heterocycles. The largest absolute Gasteiger partial charge is 0.381 e. The molecule has 1 N–H and O–H groups in total. The highest BCUT2D eigenvalue weighted by Crippen LogP contribution is 2.42. The van der Waals surface area contributed by atoms with Gasteiger partial charge in [0.2, 0.25) is 5.91 Å². The Morgan fingerprint density at radius 1 is 1.03 bits per heavy atom. The van der Waals surface area contributed by atoms with E-state index in [2.05, 4.69) is 40.5 Å². The Labute approximate surface area is 189 Å². The molecule has 2 fully saturated rings. The zero-order valence-electron chi connectivity index (χ0n) is 18.9. The van der Waals surface area contributed by atoms with Crippen molar-refractivity contribution in [3.63, 3.8) is 0 Å². The van der Waals surface area contributed by atoms with E-state index in [1.807, 2.05) is 19.1 Å². The standard InChI is InChI=1S/C26H31N3O3/c1-18(30)29-24-11-8-21(19-6-9-22(10-7-19)28-12-14-32-15-13-28)16-23(24)27-17-26(29,2)25(31)20-4-3-5-20/h6-11,16,20,27H,3-5,12-15,17H2,1-2H3/t26-/m0/s1. The van der Waals surface area contributed by atoms with Gasteiger partial charge in [0.25, 0.3) is 0 Å². The highest BCUT2D eigenvalue weighted by Gasteiger charge is 2.48. The van der Waals surface area contributed by atoms with Crippen molar-refractivity contribution in [3.8, 4) is 11.1 Å². The Hall–Kier alpha value is -2.86. The number of amides is 1. The zero-order valence-corrected chi connectivity index (χ0v) is 18.9. The number of hydrogen-bond donors (Lipinski definition) is 1. The van der Waals surface area contributed by atoms with Gasteiger partial charge in [-0.15, -0.1) is 0 Å². The van der Waals surface area contributed by atoms with E-state index in [1.165, 1.54) is 5.69 Å². The molecule has 1 aliphatic carbocycles. The molecule has 2 aliphatic heterocycles. The number of rotatable bonds is 4. The van der Waals surface area contributed by atoms with Crippen LogP contribution in [0, 0.1) is 5.92 Å². The molecule has 1 atom stereocenters. The third-order valence-corrected chi connectivity index (χ3v) is 7.25. The van der Waals surface area contributed by atoms with Gasteiger partial charge in [0.05, 0.1) is 24.6 Å². The van der Waals surface area contributed by atoms with Crippen molar-refractivity contribution in [1.29, 1.82) is 0 Å². The Morgan fingerprint density at radius 3 is 2.34 bits per heavy atom. The lowest BCUT2D eigenvalue weighted by Crippen LogP contribution is -2.63. The summed E-state index contributed by atoms with van der Waals surface area (Å²) in [4.78, 5) is 30.0. The van der Waals surface area contributed by atoms with E-state index in [4.69, 9.17) is 4.74 Å². The number of hydrogen-bond acceptors (Lipinski definition) is 5. The van der Waals surface area contributed by atoms with Crippen LogP contribution < -0.4 is 15.1 Å². The molecule has 0 bridgehead atoms. The Bertz CT molecular complexity index is 1030. The molecular weight excluding hydrogens is 402 g/mol. The van der Waals surface area contributed by atoms with Crippen LogP contribution in [-0.4, -0.2) is 50.1 Å². The summed E-state index contributed by atoms with van der Waals surface area (Å²) in [5.74, 6) is 0.167.